The minimum Gasteiger partial charge on any atom is -0.387 e. The van der Waals surface area contributed by atoms with Crippen molar-refractivity contribution >= 4 is 10.9 Å². The molecule has 0 saturated carbocycles. The van der Waals surface area contributed by atoms with E-state index in [4.69, 9.17) is 4.98 Å². The van der Waals surface area contributed by atoms with Crippen LogP contribution in [0.4, 0.5) is 0 Å². The van der Waals surface area contributed by atoms with Crippen LogP contribution in [0.15, 0.2) is 128 Å². The Balaban J connectivity index is 1.40. The Morgan fingerprint density at radius 2 is 1.48 bits per heavy atom. The summed E-state index contributed by atoms with van der Waals surface area (Å²) in [6, 6.07) is 40.2. The van der Waals surface area contributed by atoms with Crippen LogP contribution >= 0.6 is 0 Å². The summed E-state index contributed by atoms with van der Waals surface area (Å²) in [5.74, 6) is 0.0508. The fraction of sp³-hybridized carbons (Fsp3) is 0.158. The highest BCUT2D eigenvalue weighted by Crippen LogP contribution is 2.36. The van der Waals surface area contributed by atoms with Crippen molar-refractivity contribution < 1.29 is 5.11 Å². The van der Waals surface area contributed by atoms with Gasteiger partial charge in [-0.15, -0.1) is 0 Å². The second-order valence-electron chi connectivity index (χ2n) is 11.0. The maximum absolute atomic E-state index is 10.6. The lowest BCUT2D eigenvalue weighted by Crippen LogP contribution is -2.21. The van der Waals surface area contributed by atoms with E-state index in [1.165, 1.54) is 27.8 Å². The zero-order valence-corrected chi connectivity index (χ0v) is 24.0. The van der Waals surface area contributed by atoms with Crippen molar-refractivity contribution in [3.8, 4) is 11.1 Å². The highest BCUT2D eigenvalue weighted by molar-refractivity contribution is 5.95. The van der Waals surface area contributed by atoms with E-state index >= 15 is 0 Å². The third-order valence-electron chi connectivity index (χ3n) is 7.80. The van der Waals surface area contributed by atoms with E-state index in [1.54, 1.807) is 0 Å². The number of hydrogen-bond acceptors (Lipinski definition) is 4. The van der Waals surface area contributed by atoms with Gasteiger partial charge in [0.05, 0.1) is 17.3 Å². The van der Waals surface area contributed by atoms with E-state index in [1.807, 2.05) is 48.8 Å². The van der Waals surface area contributed by atoms with Crippen LogP contribution in [0.3, 0.4) is 0 Å². The molecule has 0 amide bonds. The van der Waals surface area contributed by atoms with Crippen LogP contribution in [0.1, 0.15) is 51.1 Å². The molecule has 0 aliphatic carbocycles. The van der Waals surface area contributed by atoms with Gasteiger partial charge >= 0.3 is 0 Å². The standard InChI is InChI=1S/C38H35N3O/c1-26-13-15-29(16-14-26)38(32-12-7-19-39-23-32)31-17-18-36-35(21-31)34(30-11-6-8-27(2)20-30)22-33(41-36)24-40-25-37(42)28-9-4-3-5-10-28/h3-23,37-38,40,42H,24-25H2,1-2H3. The molecule has 2 heterocycles. The number of nitrogens with zero attached hydrogens (tertiary/aromatic N) is 2. The smallest absolute Gasteiger partial charge is 0.0914 e. The molecular formula is C38H35N3O. The number of aromatic nitrogens is 2. The summed E-state index contributed by atoms with van der Waals surface area (Å²) in [6.07, 6.45) is 3.22. The van der Waals surface area contributed by atoms with Gasteiger partial charge in [-0.3, -0.25) is 9.97 Å². The molecule has 0 bridgehead atoms. The average molecular weight is 550 g/mol. The highest BCUT2D eigenvalue weighted by Gasteiger charge is 2.19. The largest absolute Gasteiger partial charge is 0.387 e. The van der Waals surface area contributed by atoms with Crippen molar-refractivity contribution in [2.75, 3.05) is 6.54 Å². The quantitative estimate of drug-likeness (QED) is 0.192. The fourth-order valence-electron chi connectivity index (χ4n) is 5.63. The molecule has 208 valence electrons. The zero-order valence-electron chi connectivity index (χ0n) is 24.0. The predicted molar refractivity (Wildman–Crippen MR) is 171 cm³/mol. The van der Waals surface area contributed by atoms with Crippen LogP contribution in [-0.2, 0) is 6.54 Å². The van der Waals surface area contributed by atoms with Crippen LogP contribution in [0.2, 0.25) is 0 Å². The number of rotatable bonds is 9. The number of pyridine rings is 2. The Labute approximate surface area is 247 Å². The van der Waals surface area contributed by atoms with E-state index in [2.05, 4.69) is 103 Å². The first-order valence-corrected chi connectivity index (χ1v) is 14.5. The molecule has 2 N–H and O–H groups in total. The van der Waals surface area contributed by atoms with Gasteiger partial charge in [-0.25, -0.2) is 0 Å². The Kier molecular flexibility index (Phi) is 8.18. The number of benzene rings is 4. The zero-order chi connectivity index (χ0) is 28.9. The van der Waals surface area contributed by atoms with Gasteiger partial charge in [-0.1, -0.05) is 102 Å². The van der Waals surface area contributed by atoms with E-state index < -0.39 is 6.10 Å². The van der Waals surface area contributed by atoms with Crippen LogP contribution in [0.25, 0.3) is 22.0 Å². The SMILES string of the molecule is Cc1ccc(C(c2cccnc2)c2ccc3nc(CNCC(O)c4ccccc4)cc(-c4cccc(C)c4)c3c2)cc1. The number of hydrogen-bond donors (Lipinski definition) is 2. The van der Waals surface area contributed by atoms with Crippen molar-refractivity contribution in [1.29, 1.82) is 0 Å². The Morgan fingerprint density at radius 1 is 0.690 bits per heavy atom. The summed E-state index contributed by atoms with van der Waals surface area (Å²) in [6.45, 7) is 5.25. The van der Waals surface area contributed by atoms with Crippen LogP contribution in [0, 0.1) is 13.8 Å². The molecule has 0 spiro atoms. The minimum atomic E-state index is -0.573. The molecule has 2 atom stereocenters. The molecule has 0 fully saturated rings. The normalized spacial score (nSPS) is 12.7. The molecule has 4 aromatic carbocycles. The molecule has 6 aromatic rings. The fourth-order valence-corrected chi connectivity index (χ4v) is 5.63. The Bertz CT molecular complexity index is 1780. The molecule has 42 heavy (non-hydrogen) atoms. The number of aryl methyl sites for hydroxylation is 2. The summed E-state index contributed by atoms with van der Waals surface area (Å²) in [7, 11) is 0. The lowest BCUT2D eigenvalue weighted by atomic mass is 9.84. The molecule has 0 saturated heterocycles. The van der Waals surface area contributed by atoms with E-state index in [0.29, 0.717) is 13.1 Å². The first-order valence-electron chi connectivity index (χ1n) is 14.5. The lowest BCUT2D eigenvalue weighted by Gasteiger charge is -2.20. The molecule has 0 aliphatic rings. The van der Waals surface area contributed by atoms with Gasteiger partial charge in [-0.05, 0) is 71.5 Å². The van der Waals surface area contributed by atoms with E-state index in [-0.39, 0.29) is 5.92 Å². The third kappa shape index (κ3) is 6.15. The number of aliphatic hydroxyl groups is 1. The maximum atomic E-state index is 10.6. The van der Waals surface area contributed by atoms with Crippen molar-refractivity contribution in [3.05, 3.63) is 167 Å². The van der Waals surface area contributed by atoms with Gasteiger partial charge in [0.1, 0.15) is 0 Å². The van der Waals surface area contributed by atoms with Gasteiger partial charge in [0.25, 0.3) is 0 Å². The molecular weight excluding hydrogens is 514 g/mol. The van der Waals surface area contributed by atoms with E-state index in [9.17, 15) is 5.11 Å². The Morgan fingerprint density at radius 3 is 2.24 bits per heavy atom. The van der Waals surface area contributed by atoms with Gasteiger partial charge < -0.3 is 10.4 Å². The second kappa shape index (κ2) is 12.5. The molecule has 4 heteroatoms. The monoisotopic (exact) mass is 549 g/mol. The lowest BCUT2D eigenvalue weighted by molar-refractivity contribution is 0.174. The Hall–Kier alpha value is -4.64. The molecule has 4 nitrogen and oxygen atoms in total. The number of nitrogens with one attached hydrogen (secondary N) is 1. The van der Waals surface area contributed by atoms with Gasteiger partial charge in [0.2, 0.25) is 0 Å². The highest BCUT2D eigenvalue weighted by atomic mass is 16.3. The first-order chi connectivity index (χ1) is 20.5. The molecule has 6 rings (SSSR count). The summed E-state index contributed by atoms with van der Waals surface area (Å²) >= 11 is 0. The van der Waals surface area contributed by atoms with Crippen molar-refractivity contribution in [3.63, 3.8) is 0 Å². The summed E-state index contributed by atoms with van der Waals surface area (Å²) in [5, 5.41) is 15.2. The third-order valence-corrected chi connectivity index (χ3v) is 7.80. The molecule has 0 radical (unpaired) electrons. The summed E-state index contributed by atoms with van der Waals surface area (Å²) < 4.78 is 0. The second-order valence-corrected chi connectivity index (χ2v) is 11.0. The molecule has 2 aromatic heterocycles. The van der Waals surface area contributed by atoms with Crippen LogP contribution in [0.5, 0.6) is 0 Å². The summed E-state index contributed by atoms with van der Waals surface area (Å²) in [4.78, 5) is 9.50. The van der Waals surface area contributed by atoms with Crippen LogP contribution < -0.4 is 5.32 Å². The van der Waals surface area contributed by atoms with Gasteiger partial charge in [0, 0.05) is 36.8 Å². The number of fused-ring (bicyclic) bond motifs is 1. The minimum absolute atomic E-state index is 0.0508. The average Bonchev–Trinajstić information content (AvgIpc) is 3.03. The topological polar surface area (TPSA) is 58.0 Å². The van der Waals surface area contributed by atoms with Crippen molar-refractivity contribution in [2.24, 2.45) is 0 Å². The maximum Gasteiger partial charge on any atom is 0.0914 e. The molecule has 2 unspecified atom stereocenters. The van der Waals surface area contributed by atoms with Crippen molar-refractivity contribution in [1.82, 2.24) is 15.3 Å². The van der Waals surface area contributed by atoms with Crippen molar-refractivity contribution in [2.45, 2.75) is 32.4 Å². The van der Waals surface area contributed by atoms with Crippen LogP contribution in [-0.4, -0.2) is 21.6 Å². The number of aliphatic hydroxyl groups excluding tert-OH is 1. The van der Waals surface area contributed by atoms with Gasteiger partial charge in [0.15, 0.2) is 0 Å². The van der Waals surface area contributed by atoms with Gasteiger partial charge in [-0.2, -0.15) is 0 Å². The first kappa shape index (κ1) is 27.5. The van der Waals surface area contributed by atoms with E-state index in [0.717, 1.165) is 33.3 Å². The predicted octanol–water partition coefficient (Wildman–Crippen LogP) is 7.92. The summed E-state index contributed by atoms with van der Waals surface area (Å²) in [5.41, 5.74) is 11.2. The molecule has 0 aliphatic heterocycles.